The second-order valence-electron chi connectivity index (χ2n) is 4.00. The third-order valence-electron chi connectivity index (χ3n) is 2.69. The molecule has 20 heavy (non-hydrogen) atoms. The van der Waals surface area contributed by atoms with E-state index in [0.29, 0.717) is 5.56 Å². The van der Waals surface area contributed by atoms with Crippen LogP contribution in [0.25, 0.3) is 0 Å². The highest BCUT2D eigenvalue weighted by Crippen LogP contribution is 2.27. The molecule has 0 aliphatic rings. The average molecular weight is 277 g/mol. The summed E-state index contributed by atoms with van der Waals surface area (Å²) < 4.78 is 6.14. The van der Waals surface area contributed by atoms with Crippen LogP contribution in [0.5, 0.6) is 5.75 Å². The van der Waals surface area contributed by atoms with Gasteiger partial charge in [-0.25, -0.2) is 4.79 Å². The highest BCUT2D eigenvalue weighted by atomic mass is 16.6. The summed E-state index contributed by atoms with van der Waals surface area (Å²) >= 11 is 0. The molecule has 0 aliphatic heterocycles. The number of nitro benzene ring substituents is 1. The van der Waals surface area contributed by atoms with Crippen molar-refractivity contribution in [2.24, 2.45) is 0 Å². The lowest BCUT2D eigenvalue weighted by Crippen LogP contribution is -2.28. The van der Waals surface area contributed by atoms with Crippen molar-refractivity contribution in [3.05, 3.63) is 67.0 Å². The van der Waals surface area contributed by atoms with Crippen molar-refractivity contribution in [2.75, 3.05) is 7.11 Å². The molecule has 0 saturated heterocycles. The maximum Gasteiger partial charge on any atom is 0.328 e. The van der Waals surface area contributed by atoms with Crippen molar-refractivity contribution in [2.45, 2.75) is 6.54 Å². The Bertz CT molecular complexity index is 762. The van der Waals surface area contributed by atoms with E-state index < -0.39 is 16.2 Å². The molecule has 0 amide bonds. The van der Waals surface area contributed by atoms with Crippen molar-refractivity contribution in [3.8, 4) is 5.75 Å². The molecule has 1 aromatic carbocycles. The third-order valence-corrected chi connectivity index (χ3v) is 2.69. The van der Waals surface area contributed by atoms with Gasteiger partial charge in [-0.15, -0.1) is 0 Å². The van der Waals surface area contributed by atoms with Crippen LogP contribution in [-0.2, 0) is 6.54 Å². The van der Waals surface area contributed by atoms with Gasteiger partial charge in [0.15, 0.2) is 5.75 Å². The van der Waals surface area contributed by atoms with E-state index in [-0.39, 0.29) is 18.0 Å². The molecule has 1 N–H and O–H groups in total. The molecule has 104 valence electrons. The van der Waals surface area contributed by atoms with Gasteiger partial charge in [-0.3, -0.25) is 24.5 Å². The SMILES string of the molecule is COc1ccc(Cn2ccc(=O)[nH]c2=O)cc1[N+](=O)[O-]. The Morgan fingerprint density at radius 2 is 2.10 bits per heavy atom. The molecule has 8 heteroatoms. The first-order chi connectivity index (χ1) is 9.51. The van der Waals surface area contributed by atoms with Crippen LogP contribution < -0.4 is 16.0 Å². The maximum atomic E-state index is 11.5. The first-order valence-electron chi connectivity index (χ1n) is 5.62. The minimum atomic E-state index is -0.573. The monoisotopic (exact) mass is 277 g/mol. The Balaban J connectivity index is 2.39. The molecule has 0 bridgehead atoms. The van der Waals surface area contributed by atoms with E-state index in [1.807, 2.05) is 0 Å². The van der Waals surface area contributed by atoms with Gasteiger partial charge in [-0.2, -0.15) is 0 Å². The second-order valence-corrected chi connectivity index (χ2v) is 4.00. The molecule has 0 saturated carbocycles. The van der Waals surface area contributed by atoms with Crippen LogP contribution in [0.4, 0.5) is 5.69 Å². The summed E-state index contributed by atoms with van der Waals surface area (Å²) in [5, 5.41) is 10.9. The number of nitro groups is 1. The van der Waals surface area contributed by atoms with Gasteiger partial charge in [0.2, 0.25) is 0 Å². The predicted molar refractivity (Wildman–Crippen MR) is 70.1 cm³/mol. The van der Waals surface area contributed by atoms with Gasteiger partial charge in [0, 0.05) is 18.3 Å². The zero-order valence-electron chi connectivity index (χ0n) is 10.5. The lowest BCUT2D eigenvalue weighted by Gasteiger charge is -2.06. The Morgan fingerprint density at radius 3 is 2.70 bits per heavy atom. The van der Waals surface area contributed by atoms with Crippen molar-refractivity contribution in [1.29, 1.82) is 0 Å². The second kappa shape index (κ2) is 5.39. The molecular weight excluding hydrogens is 266 g/mol. The summed E-state index contributed by atoms with van der Waals surface area (Å²) in [4.78, 5) is 34.9. The Labute approximate surface area is 112 Å². The zero-order chi connectivity index (χ0) is 14.7. The molecule has 0 unspecified atom stereocenters. The van der Waals surface area contributed by atoms with Gasteiger partial charge in [0.1, 0.15) is 0 Å². The highest BCUT2D eigenvalue weighted by Gasteiger charge is 2.15. The van der Waals surface area contributed by atoms with E-state index >= 15 is 0 Å². The van der Waals surface area contributed by atoms with Crippen molar-refractivity contribution in [3.63, 3.8) is 0 Å². The van der Waals surface area contributed by atoms with Crippen LogP contribution in [-0.4, -0.2) is 21.6 Å². The summed E-state index contributed by atoms with van der Waals surface area (Å²) in [6, 6.07) is 5.61. The molecule has 0 atom stereocenters. The molecule has 8 nitrogen and oxygen atoms in total. The quantitative estimate of drug-likeness (QED) is 0.646. The normalized spacial score (nSPS) is 10.2. The first-order valence-corrected chi connectivity index (χ1v) is 5.62. The lowest BCUT2D eigenvalue weighted by atomic mass is 10.2. The van der Waals surface area contributed by atoms with E-state index in [0.717, 1.165) is 0 Å². The van der Waals surface area contributed by atoms with Crippen LogP contribution in [0.2, 0.25) is 0 Å². The van der Waals surface area contributed by atoms with Crippen LogP contribution in [0.15, 0.2) is 40.1 Å². The fourth-order valence-corrected chi connectivity index (χ4v) is 1.74. The van der Waals surface area contributed by atoms with Crippen molar-refractivity contribution >= 4 is 5.69 Å². The Morgan fingerprint density at radius 1 is 1.35 bits per heavy atom. The van der Waals surface area contributed by atoms with Gasteiger partial charge in [-0.1, -0.05) is 6.07 Å². The minimum absolute atomic E-state index is 0.112. The molecule has 1 heterocycles. The molecule has 1 aromatic heterocycles. The molecular formula is C12H11N3O5. The summed E-state index contributed by atoms with van der Waals surface area (Å²) in [6.07, 6.45) is 1.33. The molecule has 0 aliphatic carbocycles. The van der Waals surface area contributed by atoms with Gasteiger partial charge in [-0.05, 0) is 11.6 Å². The summed E-state index contributed by atoms with van der Waals surface area (Å²) in [5.41, 5.74) is -0.697. The van der Waals surface area contributed by atoms with Gasteiger partial charge >= 0.3 is 11.4 Å². The number of benzene rings is 1. The lowest BCUT2D eigenvalue weighted by molar-refractivity contribution is -0.385. The highest BCUT2D eigenvalue weighted by molar-refractivity contribution is 5.48. The fraction of sp³-hybridized carbons (Fsp3) is 0.167. The zero-order valence-corrected chi connectivity index (χ0v) is 10.5. The number of aromatic amines is 1. The summed E-state index contributed by atoms with van der Waals surface area (Å²) in [6.45, 7) is 0.112. The van der Waals surface area contributed by atoms with Crippen LogP contribution in [0, 0.1) is 10.1 Å². The smallest absolute Gasteiger partial charge is 0.328 e. The van der Waals surface area contributed by atoms with E-state index in [1.165, 1.54) is 36.1 Å². The third kappa shape index (κ3) is 2.74. The molecule has 0 radical (unpaired) electrons. The van der Waals surface area contributed by atoms with Gasteiger partial charge in [0.25, 0.3) is 5.56 Å². The number of ether oxygens (including phenoxy) is 1. The predicted octanol–water partition coefficient (Wildman–Crippen LogP) is 0.502. The number of hydrogen-bond acceptors (Lipinski definition) is 5. The number of H-pyrrole nitrogens is 1. The van der Waals surface area contributed by atoms with Crippen molar-refractivity contribution in [1.82, 2.24) is 9.55 Å². The standard InChI is InChI=1S/C12H11N3O5/c1-20-10-3-2-8(6-9(10)15(18)19)7-14-5-4-11(16)13-12(14)17/h2-6H,7H2,1H3,(H,13,16,17). The number of rotatable bonds is 4. The molecule has 0 spiro atoms. The number of aromatic nitrogens is 2. The topological polar surface area (TPSA) is 107 Å². The van der Waals surface area contributed by atoms with E-state index in [1.54, 1.807) is 6.07 Å². The number of methoxy groups -OCH3 is 1. The largest absolute Gasteiger partial charge is 0.490 e. The van der Waals surface area contributed by atoms with Crippen LogP contribution in [0.1, 0.15) is 5.56 Å². The first kappa shape index (κ1) is 13.5. The Hall–Kier alpha value is -2.90. The summed E-state index contributed by atoms with van der Waals surface area (Å²) in [5.74, 6) is 0.146. The van der Waals surface area contributed by atoms with E-state index in [9.17, 15) is 19.7 Å². The number of hydrogen-bond donors (Lipinski definition) is 1. The Kier molecular flexibility index (Phi) is 3.65. The maximum absolute atomic E-state index is 11.5. The summed E-state index contributed by atoms with van der Waals surface area (Å²) in [7, 11) is 1.34. The number of nitrogens with one attached hydrogen (secondary N) is 1. The van der Waals surface area contributed by atoms with E-state index in [2.05, 4.69) is 4.98 Å². The average Bonchev–Trinajstić information content (AvgIpc) is 2.41. The van der Waals surface area contributed by atoms with Crippen molar-refractivity contribution < 1.29 is 9.66 Å². The van der Waals surface area contributed by atoms with Gasteiger partial charge < -0.3 is 4.74 Å². The molecule has 2 aromatic rings. The van der Waals surface area contributed by atoms with Crippen LogP contribution >= 0.6 is 0 Å². The molecule has 2 rings (SSSR count). The molecule has 0 fully saturated rings. The van der Waals surface area contributed by atoms with Gasteiger partial charge in [0.05, 0.1) is 18.6 Å². The van der Waals surface area contributed by atoms with Crippen LogP contribution in [0.3, 0.4) is 0 Å². The fourth-order valence-electron chi connectivity index (χ4n) is 1.74. The number of nitrogens with zero attached hydrogens (tertiary/aromatic N) is 2. The van der Waals surface area contributed by atoms with E-state index in [4.69, 9.17) is 4.74 Å². The minimum Gasteiger partial charge on any atom is -0.490 e.